The fraction of sp³-hybridized carbons (Fsp3) is 0.381. The highest BCUT2D eigenvalue weighted by molar-refractivity contribution is 9.10. The van der Waals surface area contributed by atoms with Gasteiger partial charge in [-0.05, 0) is 73.7 Å². The van der Waals surface area contributed by atoms with E-state index in [2.05, 4.69) is 15.9 Å². The monoisotopic (exact) mass is 494 g/mol. The first-order valence-electron chi connectivity index (χ1n) is 9.77. The van der Waals surface area contributed by atoms with Gasteiger partial charge in [-0.2, -0.15) is 4.31 Å². The number of carbonyl (C=O) groups excluding carboxylic acids is 1. The fourth-order valence-corrected chi connectivity index (χ4v) is 6.43. The average molecular weight is 495 g/mol. The zero-order valence-electron chi connectivity index (χ0n) is 16.0. The van der Waals surface area contributed by atoms with E-state index in [0.29, 0.717) is 30.3 Å². The first kappa shape index (κ1) is 20.9. The number of nitrogens with zero attached hydrogens (tertiary/aromatic N) is 2. The van der Waals surface area contributed by atoms with Crippen LogP contribution in [0.4, 0.5) is 5.69 Å². The minimum absolute atomic E-state index is 0.0500. The SMILES string of the molecule is O=C(CSc1ccc(Br)cc1)N1CCCc2cc(S(=O)(=O)N3CCCC3)ccc21. The summed E-state index contributed by atoms with van der Waals surface area (Å²) >= 11 is 4.93. The number of hydrogen-bond acceptors (Lipinski definition) is 4. The van der Waals surface area contributed by atoms with Crippen LogP contribution in [0.2, 0.25) is 0 Å². The third-order valence-electron chi connectivity index (χ3n) is 5.35. The van der Waals surface area contributed by atoms with Crippen molar-refractivity contribution < 1.29 is 13.2 Å². The Morgan fingerprint density at radius 2 is 1.72 bits per heavy atom. The molecule has 4 rings (SSSR count). The van der Waals surface area contributed by atoms with E-state index in [1.165, 1.54) is 11.8 Å². The van der Waals surface area contributed by atoms with Crippen LogP contribution in [0.1, 0.15) is 24.8 Å². The Balaban J connectivity index is 1.50. The number of anilines is 1. The highest BCUT2D eigenvalue weighted by Gasteiger charge is 2.29. The Morgan fingerprint density at radius 1 is 1.00 bits per heavy atom. The van der Waals surface area contributed by atoms with Crippen LogP contribution in [0.25, 0.3) is 0 Å². The van der Waals surface area contributed by atoms with Crippen LogP contribution in [0.15, 0.2) is 56.7 Å². The third kappa shape index (κ3) is 4.55. The van der Waals surface area contributed by atoms with Gasteiger partial charge in [-0.15, -0.1) is 11.8 Å². The van der Waals surface area contributed by atoms with Crippen molar-refractivity contribution in [1.29, 1.82) is 0 Å². The number of fused-ring (bicyclic) bond motifs is 1. The molecule has 2 aliphatic rings. The van der Waals surface area contributed by atoms with Crippen molar-refractivity contribution in [2.75, 3.05) is 30.3 Å². The lowest BCUT2D eigenvalue weighted by Gasteiger charge is -2.30. The Kier molecular flexibility index (Phi) is 6.34. The smallest absolute Gasteiger partial charge is 0.243 e. The first-order valence-corrected chi connectivity index (χ1v) is 13.0. The van der Waals surface area contributed by atoms with Crippen LogP contribution in [-0.2, 0) is 21.2 Å². The van der Waals surface area contributed by atoms with Gasteiger partial charge in [0.1, 0.15) is 0 Å². The van der Waals surface area contributed by atoms with E-state index in [9.17, 15) is 13.2 Å². The molecule has 5 nitrogen and oxygen atoms in total. The van der Waals surface area contributed by atoms with Crippen molar-refractivity contribution in [3.63, 3.8) is 0 Å². The second-order valence-electron chi connectivity index (χ2n) is 7.29. The van der Waals surface area contributed by atoms with Crippen LogP contribution in [-0.4, -0.2) is 44.0 Å². The number of sulfonamides is 1. The maximum atomic E-state index is 12.9. The van der Waals surface area contributed by atoms with E-state index in [4.69, 9.17) is 0 Å². The number of aryl methyl sites for hydroxylation is 1. The van der Waals surface area contributed by atoms with E-state index >= 15 is 0 Å². The summed E-state index contributed by atoms with van der Waals surface area (Å²) < 4.78 is 28.3. The van der Waals surface area contributed by atoms with Gasteiger partial charge in [-0.25, -0.2) is 8.42 Å². The minimum atomic E-state index is -3.44. The molecule has 29 heavy (non-hydrogen) atoms. The summed E-state index contributed by atoms with van der Waals surface area (Å²) in [7, 11) is -3.44. The number of hydrogen-bond donors (Lipinski definition) is 0. The summed E-state index contributed by atoms with van der Waals surface area (Å²) in [5.41, 5.74) is 1.79. The normalized spacial score (nSPS) is 17.3. The largest absolute Gasteiger partial charge is 0.311 e. The van der Waals surface area contributed by atoms with Crippen molar-refractivity contribution in [3.8, 4) is 0 Å². The highest BCUT2D eigenvalue weighted by Crippen LogP contribution is 2.32. The predicted octanol–water partition coefficient (Wildman–Crippen LogP) is 4.31. The van der Waals surface area contributed by atoms with Gasteiger partial charge in [0.2, 0.25) is 15.9 Å². The summed E-state index contributed by atoms with van der Waals surface area (Å²) in [5, 5.41) is 0. The maximum absolute atomic E-state index is 12.9. The predicted molar refractivity (Wildman–Crippen MR) is 120 cm³/mol. The summed E-state index contributed by atoms with van der Waals surface area (Å²) in [6.07, 6.45) is 3.47. The lowest BCUT2D eigenvalue weighted by Crippen LogP contribution is -2.37. The van der Waals surface area contributed by atoms with E-state index in [1.54, 1.807) is 27.4 Å². The van der Waals surface area contributed by atoms with Gasteiger partial charge >= 0.3 is 0 Å². The van der Waals surface area contributed by atoms with Gasteiger partial charge in [-0.1, -0.05) is 15.9 Å². The van der Waals surface area contributed by atoms with E-state index in [1.807, 2.05) is 24.3 Å². The van der Waals surface area contributed by atoms with Gasteiger partial charge < -0.3 is 4.90 Å². The topological polar surface area (TPSA) is 57.7 Å². The molecule has 1 saturated heterocycles. The fourth-order valence-electron chi connectivity index (χ4n) is 3.82. The molecule has 2 aromatic rings. The Hall–Kier alpha value is -1.35. The van der Waals surface area contributed by atoms with Crippen molar-refractivity contribution in [2.24, 2.45) is 0 Å². The van der Waals surface area contributed by atoms with Crippen molar-refractivity contribution >= 4 is 49.3 Å². The molecule has 154 valence electrons. The van der Waals surface area contributed by atoms with Crippen molar-refractivity contribution in [3.05, 3.63) is 52.5 Å². The van der Waals surface area contributed by atoms with Crippen LogP contribution < -0.4 is 4.90 Å². The number of rotatable bonds is 5. The number of carbonyl (C=O) groups is 1. The van der Waals surface area contributed by atoms with Crippen LogP contribution >= 0.6 is 27.7 Å². The minimum Gasteiger partial charge on any atom is -0.311 e. The molecule has 0 radical (unpaired) electrons. The molecule has 0 bridgehead atoms. The molecule has 8 heteroatoms. The second-order valence-corrected chi connectivity index (χ2v) is 11.2. The molecular formula is C21H23BrN2O3S2. The third-order valence-corrected chi connectivity index (χ3v) is 8.77. The molecule has 2 aromatic carbocycles. The standard InChI is InChI=1S/C21H23BrN2O3S2/c22-17-5-7-18(8-6-17)28-15-21(25)24-13-3-4-16-14-19(9-10-20(16)24)29(26,27)23-11-1-2-12-23/h5-10,14H,1-4,11-13,15H2. The number of thioether (sulfide) groups is 1. The molecule has 2 heterocycles. The number of amides is 1. The zero-order chi connectivity index (χ0) is 20.4. The van der Waals surface area contributed by atoms with Gasteiger partial charge in [-0.3, -0.25) is 4.79 Å². The molecule has 0 N–H and O–H groups in total. The molecule has 1 fully saturated rings. The highest BCUT2D eigenvalue weighted by atomic mass is 79.9. The molecule has 1 amide bonds. The number of halogens is 1. The Labute approximate surface area is 184 Å². The van der Waals surface area contributed by atoms with Crippen molar-refractivity contribution in [2.45, 2.75) is 35.5 Å². The molecule has 0 saturated carbocycles. The second kappa shape index (κ2) is 8.79. The van der Waals surface area contributed by atoms with Gasteiger partial charge in [0, 0.05) is 34.7 Å². The molecule has 0 aromatic heterocycles. The Bertz CT molecular complexity index is 1000. The van der Waals surface area contributed by atoms with Gasteiger partial charge in [0.15, 0.2) is 0 Å². The molecular weight excluding hydrogens is 472 g/mol. The quantitative estimate of drug-likeness (QED) is 0.581. The summed E-state index contributed by atoms with van der Waals surface area (Å²) in [6.45, 7) is 1.86. The van der Waals surface area contributed by atoms with E-state index < -0.39 is 10.0 Å². The molecule has 2 aliphatic heterocycles. The lowest BCUT2D eigenvalue weighted by atomic mass is 10.0. The van der Waals surface area contributed by atoms with E-state index in [-0.39, 0.29) is 5.91 Å². The van der Waals surface area contributed by atoms with Crippen molar-refractivity contribution in [1.82, 2.24) is 4.31 Å². The molecule has 0 spiro atoms. The molecule has 0 aliphatic carbocycles. The summed E-state index contributed by atoms with van der Waals surface area (Å²) in [6, 6.07) is 13.1. The average Bonchev–Trinajstić information content (AvgIpc) is 3.28. The molecule has 0 unspecified atom stereocenters. The summed E-state index contributed by atoms with van der Waals surface area (Å²) in [4.78, 5) is 16.1. The first-order chi connectivity index (χ1) is 13.9. The van der Waals surface area contributed by atoms with Gasteiger partial charge in [0.05, 0.1) is 10.6 Å². The maximum Gasteiger partial charge on any atom is 0.243 e. The van der Waals surface area contributed by atoms with E-state index in [0.717, 1.165) is 46.3 Å². The number of benzene rings is 2. The van der Waals surface area contributed by atoms with Crippen LogP contribution in [0.3, 0.4) is 0 Å². The van der Waals surface area contributed by atoms with Crippen LogP contribution in [0, 0.1) is 0 Å². The zero-order valence-corrected chi connectivity index (χ0v) is 19.2. The summed E-state index contributed by atoms with van der Waals surface area (Å²) in [5.74, 6) is 0.406. The Morgan fingerprint density at radius 3 is 2.45 bits per heavy atom. The molecule has 0 atom stereocenters. The van der Waals surface area contributed by atoms with Crippen LogP contribution in [0.5, 0.6) is 0 Å². The lowest BCUT2D eigenvalue weighted by molar-refractivity contribution is -0.116. The van der Waals surface area contributed by atoms with Gasteiger partial charge in [0.25, 0.3) is 0 Å².